The standard InChI is InChI=1S/C22H23FN2O4S/c1-3-13-24(30(28,29)22-10-5-4-9-21(22)25(26)27)15-18-14-19(23)11-12-20(18)16(2)17-7-6-8-17/h3-5,9-12,14,17H,1-2,6-8,13,15H2. The first-order valence-corrected chi connectivity index (χ1v) is 11.0. The number of hydrogen-bond acceptors (Lipinski definition) is 4. The van der Waals surface area contributed by atoms with Gasteiger partial charge in [-0.2, -0.15) is 4.31 Å². The molecule has 0 unspecified atom stereocenters. The number of nitrogens with zero attached hydrogens (tertiary/aromatic N) is 2. The van der Waals surface area contributed by atoms with Gasteiger partial charge in [0.15, 0.2) is 4.90 Å². The van der Waals surface area contributed by atoms with Crippen molar-refractivity contribution in [2.24, 2.45) is 5.92 Å². The van der Waals surface area contributed by atoms with E-state index in [0.717, 1.165) is 35.2 Å². The third-order valence-electron chi connectivity index (χ3n) is 5.37. The van der Waals surface area contributed by atoms with E-state index in [0.29, 0.717) is 17.0 Å². The van der Waals surface area contributed by atoms with Gasteiger partial charge in [-0.1, -0.05) is 37.3 Å². The van der Waals surface area contributed by atoms with E-state index in [9.17, 15) is 22.9 Å². The number of nitro groups is 1. The van der Waals surface area contributed by atoms with Crippen LogP contribution in [0.1, 0.15) is 30.4 Å². The van der Waals surface area contributed by atoms with Gasteiger partial charge in [-0.25, -0.2) is 12.8 Å². The molecule has 0 bridgehead atoms. The molecule has 2 aromatic carbocycles. The molecule has 1 saturated carbocycles. The molecule has 2 aromatic rings. The maximum atomic E-state index is 14.0. The first-order valence-electron chi connectivity index (χ1n) is 9.57. The molecule has 0 aliphatic heterocycles. The molecule has 158 valence electrons. The molecule has 1 fully saturated rings. The van der Waals surface area contributed by atoms with Crippen LogP contribution in [-0.2, 0) is 16.6 Å². The van der Waals surface area contributed by atoms with Crippen LogP contribution in [0.5, 0.6) is 0 Å². The molecule has 0 aromatic heterocycles. The van der Waals surface area contributed by atoms with Crippen molar-refractivity contribution in [3.8, 4) is 0 Å². The van der Waals surface area contributed by atoms with E-state index < -0.39 is 31.3 Å². The summed E-state index contributed by atoms with van der Waals surface area (Å²) in [7, 11) is -4.24. The number of benzene rings is 2. The Hall–Kier alpha value is -2.84. The maximum absolute atomic E-state index is 14.0. The third kappa shape index (κ3) is 4.34. The highest BCUT2D eigenvalue weighted by molar-refractivity contribution is 7.89. The highest BCUT2D eigenvalue weighted by atomic mass is 32.2. The van der Waals surface area contributed by atoms with Gasteiger partial charge in [-0.15, -0.1) is 6.58 Å². The molecule has 1 aliphatic carbocycles. The highest BCUT2D eigenvalue weighted by Gasteiger charge is 2.32. The van der Waals surface area contributed by atoms with Crippen LogP contribution in [-0.4, -0.2) is 24.2 Å². The number of sulfonamides is 1. The van der Waals surface area contributed by atoms with Crippen LogP contribution in [0.15, 0.2) is 66.6 Å². The molecule has 8 heteroatoms. The second-order valence-electron chi connectivity index (χ2n) is 7.27. The lowest BCUT2D eigenvalue weighted by Gasteiger charge is -2.30. The molecular weight excluding hydrogens is 407 g/mol. The van der Waals surface area contributed by atoms with Crippen LogP contribution in [0.4, 0.5) is 10.1 Å². The van der Waals surface area contributed by atoms with Gasteiger partial charge in [-0.05, 0) is 53.7 Å². The molecule has 0 radical (unpaired) electrons. The lowest BCUT2D eigenvalue weighted by Crippen LogP contribution is -2.32. The van der Waals surface area contributed by atoms with E-state index in [2.05, 4.69) is 13.2 Å². The molecule has 0 atom stereocenters. The minimum Gasteiger partial charge on any atom is -0.258 e. The molecule has 0 amide bonds. The Balaban J connectivity index is 2.03. The Labute approximate surface area is 175 Å². The van der Waals surface area contributed by atoms with Crippen LogP contribution in [0, 0.1) is 21.8 Å². The molecule has 6 nitrogen and oxygen atoms in total. The summed E-state index contributed by atoms with van der Waals surface area (Å²) in [5.74, 6) is -0.189. The first-order chi connectivity index (χ1) is 14.3. The van der Waals surface area contributed by atoms with Crippen molar-refractivity contribution >= 4 is 21.3 Å². The van der Waals surface area contributed by atoms with E-state index in [1.54, 1.807) is 6.07 Å². The van der Waals surface area contributed by atoms with Crippen molar-refractivity contribution in [1.29, 1.82) is 0 Å². The molecule has 3 rings (SSSR count). The van der Waals surface area contributed by atoms with E-state index in [-0.39, 0.29) is 13.1 Å². The lowest BCUT2D eigenvalue weighted by molar-refractivity contribution is -0.387. The number of allylic oxidation sites excluding steroid dienone is 1. The molecule has 30 heavy (non-hydrogen) atoms. The number of rotatable bonds is 9. The summed E-state index contributed by atoms with van der Waals surface area (Å²) in [4.78, 5) is 10.2. The zero-order chi connectivity index (χ0) is 21.9. The summed E-state index contributed by atoms with van der Waals surface area (Å²) in [6.07, 6.45) is 4.50. The molecule has 0 N–H and O–H groups in total. The van der Waals surface area contributed by atoms with E-state index >= 15 is 0 Å². The van der Waals surface area contributed by atoms with Crippen LogP contribution >= 0.6 is 0 Å². The fourth-order valence-corrected chi connectivity index (χ4v) is 5.08. The van der Waals surface area contributed by atoms with Crippen molar-refractivity contribution in [2.45, 2.75) is 30.7 Å². The Kier molecular flexibility index (Phi) is 6.48. The van der Waals surface area contributed by atoms with Crippen molar-refractivity contribution in [2.75, 3.05) is 6.54 Å². The molecule has 0 saturated heterocycles. The predicted octanol–water partition coefficient (Wildman–Crippen LogP) is 4.92. The Morgan fingerprint density at radius 3 is 2.57 bits per heavy atom. The second kappa shape index (κ2) is 8.89. The van der Waals surface area contributed by atoms with Gasteiger partial charge in [0, 0.05) is 19.2 Å². The average Bonchev–Trinajstić information content (AvgIpc) is 2.66. The highest BCUT2D eigenvalue weighted by Crippen LogP contribution is 2.39. The fourth-order valence-electron chi connectivity index (χ4n) is 3.53. The van der Waals surface area contributed by atoms with Crippen LogP contribution in [0.25, 0.3) is 5.57 Å². The van der Waals surface area contributed by atoms with Gasteiger partial charge in [0.05, 0.1) is 4.92 Å². The average molecular weight is 431 g/mol. The molecule has 0 heterocycles. The van der Waals surface area contributed by atoms with Gasteiger partial charge in [0.25, 0.3) is 5.69 Å². The van der Waals surface area contributed by atoms with Crippen molar-refractivity contribution in [3.63, 3.8) is 0 Å². The Morgan fingerprint density at radius 1 is 1.27 bits per heavy atom. The van der Waals surface area contributed by atoms with Crippen LogP contribution in [0.2, 0.25) is 0 Å². The summed E-state index contributed by atoms with van der Waals surface area (Å²) >= 11 is 0. The van der Waals surface area contributed by atoms with Crippen LogP contribution in [0.3, 0.4) is 0 Å². The maximum Gasteiger partial charge on any atom is 0.289 e. The number of para-hydroxylation sites is 1. The topological polar surface area (TPSA) is 80.5 Å². The number of hydrogen-bond donors (Lipinski definition) is 0. The lowest BCUT2D eigenvalue weighted by atomic mass is 9.77. The minimum atomic E-state index is -4.24. The van der Waals surface area contributed by atoms with E-state index in [1.807, 2.05) is 0 Å². The van der Waals surface area contributed by atoms with Gasteiger partial charge in [0.2, 0.25) is 10.0 Å². The van der Waals surface area contributed by atoms with Gasteiger partial charge in [-0.3, -0.25) is 10.1 Å². The third-order valence-corrected chi connectivity index (χ3v) is 7.23. The monoisotopic (exact) mass is 430 g/mol. The normalized spacial score (nSPS) is 14.3. The summed E-state index contributed by atoms with van der Waals surface area (Å²) < 4.78 is 41.6. The molecular formula is C22H23FN2O4S. The van der Waals surface area contributed by atoms with Crippen molar-refractivity contribution < 1.29 is 17.7 Å². The van der Waals surface area contributed by atoms with Crippen molar-refractivity contribution in [3.05, 3.63) is 88.8 Å². The fraction of sp³-hybridized carbons (Fsp3) is 0.273. The molecule has 1 aliphatic rings. The summed E-state index contributed by atoms with van der Waals surface area (Å²) in [6.45, 7) is 7.51. The first kappa shape index (κ1) is 21.9. The van der Waals surface area contributed by atoms with Gasteiger partial charge in [0.1, 0.15) is 5.82 Å². The number of halogens is 1. The van der Waals surface area contributed by atoms with E-state index in [4.69, 9.17) is 0 Å². The van der Waals surface area contributed by atoms with Gasteiger partial charge >= 0.3 is 0 Å². The summed E-state index contributed by atoms with van der Waals surface area (Å²) in [6, 6.07) is 9.42. The summed E-state index contributed by atoms with van der Waals surface area (Å²) in [5.41, 5.74) is 1.53. The second-order valence-corrected chi connectivity index (χ2v) is 9.17. The zero-order valence-electron chi connectivity index (χ0n) is 16.5. The quantitative estimate of drug-likeness (QED) is 0.321. The largest absolute Gasteiger partial charge is 0.289 e. The minimum absolute atomic E-state index is 0.0831. The molecule has 0 spiro atoms. The van der Waals surface area contributed by atoms with Crippen molar-refractivity contribution in [1.82, 2.24) is 4.31 Å². The zero-order valence-corrected chi connectivity index (χ0v) is 17.3. The number of nitro benzene ring substituents is 1. The van der Waals surface area contributed by atoms with E-state index in [1.165, 1.54) is 36.4 Å². The van der Waals surface area contributed by atoms with Gasteiger partial charge < -0.3 is 0 Å². The SMILES string of the molecule is C=CCN(Cc1cc(F)ccc1C(=C)C1CCC1)S(=O)(=O)c1ccccc1[N+](=O)[O-]. The van der Waals surface area contributed by atoms with Crippen LogP contribution < -0.4 is 0 Å². The Morgan fingerprint density at radius 2 is 1.97 bits per heavy atom. The predicted molar refractivity (Wildman–Crippen MR) is 114 cm³/mol. The Bertz CT molecular complexity index is 1090. The smallest absolute Gasteiger partial charge is 0.258 e. The summed E-state index contributed by atoms with van der Waals surface area (Å²) in [5, 5.41) is 11.4.